The second-order valence-corrected chi connectivity index (χ2v) is 12.2. The fourth-order valence-electron chi connectivity index (χ4n) is 5.72. The number of amides is 4. The van der Waals surface area contributed by atoms with Crippen LogP contribution in [0.3, 0.4) is 0 Å². The Labute approximate surface area is 216 Å². The van der Waals surface area contributed by atoms with Gasteiger partial charge >= 0.3 is 6.03 Å². The molecule has 4 atom stereocenters. The number of thioether (sulfide) groups is 1. The van der Waals surface area contributed by atoms with E-state index in [1.807, 2.05) is 17.0 Å². The minimum Gasteiger partial charge on any atom is -0.347 e. The smallest absolute Gasteiger partial charge is 0.326 e. The van der Waals surface area contributed by atoms with Crippen molar-refractivity contribution in [2.75, 3.05) is 24.5 Å². The van der Waals surface area contributed by atoms with Crippen LogP contribution in [-0.2, 0) is 15.0 Å². The third-order valence-corrected chi connectivity index (χ3v) is 8.94. The predicted molar refractivity (Wildman–Crippen MR) is 142 cm³/mol. The molecule has 0 saturated carbocycles. The third-order valence-electron chi connectivity index (χ3n) is 7.58. The first-order chi connectivity index (χ1) is 17.2. The number of carbonyl (C=O) groups is 3. The monoisotopic (exact) mass is 509 g/mol. The lowest BCUT2D eigenvalue weighted by Crippen LogP contribution is -2.62. The lowest BCUT2D eigenvalue weighted by atomic mass is 9.84. The normalized spacial score (nSPS) is 27.9. The van der Waals surface area contributed by atoms with Gasteiger partial charge in [-0.1, -0.05) is 51.2 Å². The van der Waals surface area contributed by atoms with Crippen molar-refractivity contribution >= 4 is 35.3 Å². The number of hydrogen-bond donors (Lipinski definition) is 3. The number of hydrogen-bond acceptors (Lipinski definition) is 5. The summed E-state index contributed by atoms with van der Waals surface area (Å²) in [4.78, 5) is 43.1. The number of anilines is 1. The number of carbonyl (C=O) groups excluding carboxylic acids is 3. The van der Waals surface area contributed by atoms with Crippen molar-refractivity contribution in [2.45, 2.75) is 62.9 Å². The fourth-order valence-corrected chi connectivity index (χ4v) is 7.12. The summed E-state index contributed by atoms with van der Waals surface area (Å²) in [6.07, 6.45) is 3.78. The molecule has 8 nitrogen and oxygen atoms in total. The average molecular weight is 510 g/mol. The maximum atomic E-state index is 13.5. The van der Waals surface area contributed by atoms with E-state index < -0.39 is 0 Å². The molecular formula is C27H35N5O3S. The summed E-state index contributed by atoms with van der Waals surface area (Å²) in [5, 5.41) is 9.79. The van der Waals surface area contributed by atoms with Gasteiger partial charge in [0.15, 0.2) is 0 Å². The largest absolute Gasteiger partial charge is 0.347 e. The summed E-state index contributed by atoms with van der Waals surface area (Å²) in [7, 11) is 0. The number of benzene rings is 1. The molecule has 1 aromatic rings. The van der Waals surface area contributed by atoms with Gasteiger partial charge in [0.1, 0.15) is 0 Å². The van der Waals surface area contributed by atoms with Crippen LogP contribution in [0.25, 0.3) is 0 Å². The van der Waals surface area contributed by atoms with Crippen LogP contribution in [0.1, 0.15) is 45.6 Å². The van der Waals surface area contributed by atoms with Gasteiger partial charge in [-0.05, 0) is 55.0 Å². The van der Waals surface area contributed by atoms with Crippen molar-refractivity contribution in [3.8, 4) is 0 Å². The first kappa shape index (κ1) is 24.9. The minimum absolute atomic E-state index is 0.00527. The molecule has 4 heterocycles. The Hall–Kier alpha value is -2.78. The first-order valence-corrected chi connectivity index (χ1v) is 13.6. The van der Waals surface area contributed by atoms with Crippen molar-refractivity contribution < 1.29 is 14.4 Å². The number of nitrogens with zero attached hydrogens (tertiary/aromatic N) is 2. The highest BCUT2D eigenvalue weighted by atomic mass is 32.2. The van der Waals surface area contributed by atoms with Gasteiger partial charge in [-0.25, -0.2) is 4.79 Å². The Kier molecular flexibility index (Phi) is 6.63. The van der Waals surface area contributed by atoms with E-state index in [0.29, 0.717) is 18.0 Å². The Morgan fingerprint density at radius 1 is 1.25 bits per heavy atom. The van der Waals surface area contributed by atoms with Crippen LogP contribution < -0.4 is 20.9 Å². The third kappa shape index (κ3) is 4.54. The minimum atomic E-state index is -0.189. The van der Waals surface area contributed by atoms with Crippen LogP contribution in [0.4, 0.5) is 10.5 Å². The predicted octanol–water partition coefficient (Wildman–Crippen LogP) is 3.07. The fraction of sp³-hybridized carbons (Fsp3) is 0.519. The van der Waals surface area contributed by atoms with Crippen molar-refractivity contribution in [3.05, 3.63) is 53.1 Å². The maximum absolute atomic E-state index is 13.5. The molecule has 4 aliphatic heterocycles. The second-order valence-electron chi connectivity index (χ2n) is 11.0. The number of nitrogens with one attached hydrogen (secondary N) is 3. The van der Waals surface area contributed by atoms with E-state index in [1.165, 1.54) is 23.4 Å². The highest BCUT2D eigenvalue weighted by molar-refractivity contribution is 8.04. The molecule has 36 heavy (non-hydrogen) atoms. The van der Waals surface area contributed by atoms with Gasteiger partial charge < -0.3 is 20.9 Å². The lowest BCUT2D eigenvalue weighted by Gasteiger charge is -2.46. The highest BCUT2D eigenvalue weighted by Gasteiger charge is 2.51. The van der Waals surface area contributed by atoms with Gasteiger partial charge in [0.05, 0.1) is 16.3 Å². The standard InChI is InChI=1S/C27H35N5O3S/c1-5-20(33)31-13-7-9-17(15-31)29-24(34)23-22-21-19(11-12-28-25(21)36-23)32(26(35)30-22)18-10-6-8-16(14-18)27(2,3)4/h5-6,8,10,14,17,19,21,25,28H,1,7,9,11-13,15H2,2-4H3,(H,29,34)(H,30,35)/t17-,19?,21?,25?/m1/s1. The molecular weight excluding hydrogens is 474 g/mol. The summed E-state index contributed by atoms with van der Waals surface area (Å²) in [5.41, 5.74) is 2.77. The molecule has 192 valence electrons. The van der Waals surface area contributed by atoms with Gasteiger partial charge in [0.2, 0.25) is 5.91 Å². The molecule has 1 aromatic carbocycles. The highest BCUT2D eigenvalue weighted by Crippen LogP contribution is 2.48. The summed E-state index contributed by atoms with van der Waals surface area (Å²) in [6, 6.07) is 7.89. The molecule has 5 rings (SSSR count). The van der Waals surface area contributed by atoms with E-state index in [0.717, 1.165) is 37.2 Å². The lowest BCUT2D eigenvalue weighted by molar-refractivity contribution is -0.128. The van der Waals surface area contributed by atoms with Crippen LogP contribution in [0.5, 0.6) is 0 Å². The van der Waals surface area contributed by atoms with Crippen LogP contribution in [-0.4, -0.2) is 59.8 Å². The van der Waals surface area contributed by atoms with E-state index in [9.17, 15) is 14.4 Å². The SMILES string of the molecule is C=CC(=O)N1CCC[C@@H](NC(=O)C2=C3NC(=O)N(c4cccc(C(C)(C)C)c4)C4CCNC(S2)C34)C1. The van der Waals surface area contributed by atoms with Crippen LogP contribution >= 0.6 is 11.8 Å². The molecule has 0 bridgehead atoms. The molecule has 3 fully saturated rings. The average Bonchev–Trinajstić information content (AvgIpc) is 3.23. The molecule has 4 amide bonds. The van der Waals surface area contributed by atoms with Crippen molar-refractivity contribution in [2.24, 2.45) is 5.92 Å². The molecule has 0 radical (unpaired) electrons. The van der Waals surface area contributed by atoms with Gasteiger partial charge in [0.25, 0.3) is 5.91 Å². The van der Waals surface area contributed by atoms with Gasteiger partial charge in [-0.2, -0.15) is 0 Å². The van der Waals surface area contributed by atoms with Gasteiger partial charge in [-0.3, -0.25) is 14.5 Å². The Balaban J connectivity index is 1.39. The van der Waals surface area contributed by atoms with Crippen molar-refractivity contribution in [1.82, 2.24) is 20.9 Å². The summed E-state index contributed by atoms with van der Waals surface area (Å²) in [6.45, 7) is 12.0. The Morgan fingerprint density at radius 3 is 2.81 bits per heavy atom. The van der Waals surface area contributed by atoms with E-state index >= 15 is 0 Å². The summed E-state index contributed by atoms with van der Waals surface area (Å²) < 4.78 is 0. The maximum Gasteiger partial charge on any atom is 0.326 e. The Bertz CT molecular complexity index is 1130. The van der Waals surface area contributed by atoms with Crippen molar-refractivity contribution in [1.29, 1.82) is 0 Å². The molecule has 0 spiro atoms. The topological polar surface area (TPSA) is 93.8 Å². The summed E-state index contributed by atoms with van der Waals surface area (Å²) >= 11 is 1.50. The van der Waals surface area contributed by atoms with Gasteiger partial charge in [0, 0.05) is 36.4 Å². The van der Waals surface area contributed by atoms with Gasteiger partial charge in [-0.15, -0.1) is 0 Å². The zero-order valence-electron chi connectivity index (χ0n) is 21.2. The molecule has 0 aromatic heterocycles. The number of likely N-dealkylation sites (tertiary alicyclic amines) is 1. The number of urea groups is 1. The number of rotatable bonds is 4. The van der Waals surface area contributed by atoms with Crippen LogP contribution in [0, 0.1) is 5.92 Å². The second kappa shape index (κ2) is 9.59. The molecule has 3 unspecified atom stereocenters. The zero-order chi connectivity index (χ0) is 25.6. The quantitative estimate of drug-likeness (QED) is 0.543. The molecule has 4 aliphatic rings. The van der Waals surface area contributed by atoms with Crippen molar-refractivity contribution in [3.63, 3.8) is 0 Å². The van der Waals surface area contributed by atoms with E-state index in [2.05, 4.69) is 55.4 Å². The van der Waals surface area contributed by atoms with E-state index in [4.69, 9.17) is 0 Å². The van der Waals surface area contributed by atoms with Crippen LogP contribution in [0.15, 0.2) is 47.5 Å². The summed E-state index contributed by atoms with van der Waals surface area (Å²) in [5.74, 6) is -0.281. The van der Waals surface area contributed by atoms with E-state index in [1.54, 1.807) is 4.90 Å². The zero-order valence-corrected chi connectivity index (χ0v) is 22.0. The van der Waals surface area contributed by atoms with Crippen LogP contribution in [0.2, 0.25) is 0 Å². The molecule has 0 aliphatic carbocycles. The molecule has 9 heteroatoms. The van der Waals surface area contributed by atoms with E-state index in [-0.39, 0.29) is 46.6 Å². The number of piperidine rings is 2. The first-order valence-electron chi connectivity index (χ1n) is 12.7. The molecule has 3 N–H and O–H groups in total. The molecule has 3 saturated heterocycles. The Morgan fingerprint density at radius 2 is 2.06 bits per heavy atom.